The molecule has 4 heteroatoms. The van der Waals surface area contributed by atoms with Gasteiger partial charge in [0.25, 0.3) is 5.91 Å². The van der Waals surface area contributed by atoms with Gasteiger partial charge in [-0.3, -0.25) is 4.79 Å². The van der Waals surface area contributed by atoms with E-state index in [0.717, 1.165) is 12.8 Å². The molecule has 1 atom stereocenters. The summed E-state index contributed by atoms with van der Waals surface area (Å²) in [6.45, 7) is 6.41. The average molecular weight is 302 g/mol. The van der Waals surface area contributed by atoms with E-state index in [4.69, 9.17) is 23.2 Å². The van der Waals surface area contributed by atoms with E-state index in [1.54, 1.807) is 18.2 Å². The Kier molecular flexibility index (Phi) is 6.67. The first kappa shape index (κ1) is 16.3. The SMILES string of the molecule is CC(C)CCC[C@@H](C)NC(=O)c1c(Cl)cccc1Cl. The van der Waals surface area contributed by atoms with Crippen molar-refractivity contribution < 1.29 is 4.79 Å². The van der Waals surface area contributed by atoms with Crippen LogP contribution in [0.2, 0.25) is 10.0 Å². The summed E-state index contributed by atoms with van der Waals surface area (Å²) in [6.07, 6.45) is 3.24. The van der Waals surface area contributed by atoms with Gasteiger partial charge in [0.2, 0.25) is 0 Å². The monoisotopic (exact) mass is 301 g/mol. The third-order valence-electron chi connectivity index (χ3n) is 2.99. The van der Waals surface area contributed by atoms with Crippen LogP contribution in [-0.2, 0) is 0 Å². The fourth-order valence-corrected chi connectivity index (χ4v) is 2.48. The van der Waals surface area contributed by atoms with Crippen molar-refractivity contribution in [2.24, 2.45) is 5.92 Å². The second-order valence-corrected chi connectivity index (χ2v) is 6.11. The molecule has 0 saturated carbocycles. The van der Waals surface area contributed by atoms with Crippen molar-refractivity contribution in [2.75, 3.05) is 0 Å². The molecule has 0 radical (unpaired) electrons. The van der Waals surface area contributed by atoms with Crippen LogP contribution in [0.3, 0.4) is 0 Å². The Bertz CT molecular complexity index is 412. The fourth-order valence-electron chi connectivity index (χ4n) is 1.92. The van der Waals surface area contributed by atoms with E-state index in [2.05, 4.69) is 19.2 Å². The molecule has 0 aromatic heterocycles. The molecule has 19 heavy (non-hydrogen) atoms. The van der Waals surface area contributed by atoms with Gasteiger partial charge in [-0.05, 0) is 31.4 Å². The highest BCUT2D eigenvalue weighted by molar-refractivity contribution is 6.39. The molecule has 0 fully saturated rings. The molecule has 0 spiro atoms. The molecule has 0 unspecified atom stereocenters. The molecule has 0 bridgehead atoms. The van der Waals surface area contributed by atoms with Gasteiger partial charge in [0.15, 0.2) is 0 Å². The molecule has 0 aliphatic heterocycles. The van der Waals surface area contributed by atoms with Crippen molar-refractivity contribution in [3.05, 3.63) is 33.8 Å². The van der Waals surface area contributed by atoms with Gasteiger partial charge < -0.3 is 5.32 Å². The zero-order chi connectivity index (χ0) is 14.4. The number of nitrogens with one attached hydrogen (secondary N) is 1. The van der Waals surface area contributed by atoms with Gasteiger partial charge in [0, 0.05) is 6.04 Å². The lowest BCUT2D eigenvalue weighted by molar-refractivity contribution is 0.0938. The van der Waals surface area contributed by atoms with Crippen molar-refractivity contribution in [3.63, 3.8) is 0 Å². The normalized spacial score (nSPS) is 12.5. The lowest BCUT2D eigenvalue weighted by Crippen LogP contribution is -2.32. The number of benzene rings is 1. The van der Waals surface area contributed by atoms with Crippen LogP contribution in [0.5, 0.6) is 0 Å². The molecule has 1 aromatic rings. The van der Waals surface area contributed by atoms with Gasteiger partial charge in [0.1, 0.15) is 0 Å². The molecule has 1 N–H and O–H groups in total. The molecule has 106 valence electrons. The smallest absolute Gasteiger partial charge is 0.254 e. The molecule has 0 aliphatic rings. The topological polar surface area (TPSA) is 29.1 Å². The Morgan fingerprint density at radius 1 is 1.16 bits per heavy atom. The largest absolute Gasteiger partial charge is 0.349 e. The van der Waals surface area contributed by atoms with Crippen LogP contribution in [0.15, 0.2) is 18.2 Å². The summed E-state index contributed by atoms with van der Waals surface area (Å²) in [7, 11) is 0. The maximum Gasteiger partial charge on any atom is 0.254 e. The highest BCUT2D eigenvalue weighted by Crippen LogP contribution is 2.24. The Balaban J connectivity index is 2.55. The van der Waals surface area contributed by atoms with Crippen LogP contribution in [0, 0.1) is 5.92 Å². The number of halogens is 2. The minimum Gasteiger partial charge on any atom is -0.349 e. The summed E-state index contributed by atoms with van der Waals surface area (Å²) >= 11 is 12.0. The second-order valence-electron chi connectivity index (χ2n) is 5.30. The molecule has 1 amide bonds. The summed E-state index contributed by atoms with van der Waals surface area (Å²) in [5, 5.41) is 3.72. The van der Waals surface area contributed by atoms with Crippen LogP contribution in [0.25, 0.3) is 0 Å². The van der Waals surface area contributed by atoms with Crippen LogP contribution in [0.1, 0.15) is 50.4 Å². The zero-order valence-electron chi connectivity index (χ0n) is 11.7. The summed E-state index contributed by atoms with van der Waals surface area (Å²) in [4.78, 5) is 12.1. The van der Waals surface area contributed by atoms with Crippen molar-refractivity contribution in [2.45, 2.75) is 46.1 Å². The van der Waals surface area contributed by atoms with E-state index in [9.17, 15) is 4.79 Å². The number of amides is 1. The summed E-state index contributed by atoms with van der Waals surface area (Å²) in [6, 6.07) is 5.20. The highest BCUT2D eigenvalue weighted by Gasteiger charge is 2.16. The third kappa shape index (κ3) is 5.42. The van der Waals surface area contributed by atoms with Crippen molar-refractivity contribution in [1.29, 1.82) is 0 Å². The predicted octanol–water partition coefficient (Wildman–Crippen LogP) is 4.94. The Morgan fingerprint density at radius 2 is 1.74 bits per heavy atom. The minimum absolute atomic E-state index is 0.124. The summed E-state index contributed by atoms with van der Waals surface area (Å²) in [5.41, 5.74) is 0.363. The average Bonchev–Trinajstić information content (AvgIpc) is 2.27. The molecular weight excluding hydrogens is 281 g/mol. The van der Waals surface area contributed by atoms with Gasteiger partial charge in [-0.15, -0.1) is 0 Å². The predicted molar refractivity (Wildman–Crippen MR) is 82.1 cm³/mol. The third-order valence-corrected chi connectivity index (χ3v) is 3.62. The molecule has 1 rings (SSSR count). The summed E-state index contributed by atoms with van der Waals surface area (Å²) < 4.78 is 0. The number of rotatable bonds is 6. The van der Waals surface area contributed by atoms with Crippen molar-refractivity contribution in [3.8, 4) is 0 Å². The van der Waals surface area contributed by atoms with E-state index in [1.807, 2.05) is 6.92 Å². The van der Waals surface area contributed by atoms with Crippen LogP contribution < -0.4 is 5.32 Å². The van der Waals surface area contributed by atoms with Crippen LogP contribution in [-0.4, -0.2) is 11.9 Å². The maximum atomic E-state index is 12.1. The van der Waals surface area contributed by atoms with Gasteiger partial charge >= 0.3 is 0 Å². The lowest BCUT2D eigenvalue weighted by Gasteiger charge is -2.15. The molecule has 0 aliphatic carbocycles. The number of hydrogen-bond donors (Lipinski definition) is 1. The molecule has 2 nitrogen and oxygen atoms in total. The first-order valence-electron chi connectivity index (χ1n) is 6.66. The standard InChI is InChI=1S/C15H21Cl2NO/c1-10(2)6-4-7-11(3)18-15(19)14-12(16)8-5-9-13(14)17/h5,8-11H,4,6-7H2,1-3H3,(H,18,19)/t11-/m1/s1. The van der Waals surface area contributed by atoms with Crippen LogP contribution in [0.4, 0.5) is 0 Å². The minimum atomic E-state index is -0.201. The van der Waals surface area contributed by atoms with E-state index in [-0.39, 0.29) is 11.9 Å². The molecule has 0 saturated heterocycles. The van der Waals surface area contributed by atoms with Gasteiger partial charge in [-0.25, -0.2) is 0 Å². The number of carbonyl (C=O) groups is 1. The van der Waals surface area contributed by atoms with Crippen molar-refractivity contribution in [1.82, 2.24) is 5.32 Å². The van der Waals surface area contributed by atoms with Gasteiger partial charge in [-0.2, -0.15) is 0 Å². The molecule has 0 heterocycles. The van der Waals surface area contributed by atoms with Gasteiger partial charge in [0.05, 0.1) is 15.6 Å². The van der Waals surface area contributed by atoms with Crippen LogP contribution >= 0.6 is 23.2 Å². The second kappa shape index (κ2) is 7.76. The Morgan fingerprint density at radius 3 is 2.26 bits per heavy atom. The molecule has 1 aromatic carbocycles. The van der Waals surface area contributed by atoms with Gasteiger partial charge in [-0.1, -0.05) is 56.0 Å². The summed E-state index contributed by atoms with van der Waals surface area (Å²) in [5.74, 6) is 0.494. The maximum absolute atomic E-state index is 12.1. The highest BCUT2D eigenvalue weighted by atomic mass is 35.5. The van der Waals surface area contributed by atoms with E-state index >= 15 is 0 Å². The Hall–Kier alpha value is -0.730. The zero-order valence-corrected chi connectivity index (χ0v) is 13.2. The fraction of sp³-hybridized carbons (Fsp3) is 0.533. The Labute approximate surface area is 125 Å². The van der Waals surface area contributed by atoms with E-state index in [1.165, 1.54) is 6.42 Å². The first-order valence-corrected chi connectivity index (χ1v) is 7.42. The number of hydrogen-bond acceptors (Lipinski definition) is 1. The lowest BCUT2D eigenvalue weighted by atomic mass is 10.0. The van der Waals surface area contributed by atoms with E-state index < -0.39 is 0 Å². The number of carbonyl (C=O) groups excluding carboxylic acids is 1. The van der Waals surface area contributed by atoms with Crippen molar-refractivity contribution >= 4 is 29.1 Å². The first-order chi connectivity index (χ1) is 8.91. The molecular formula is C15H21Cl2NO. The van der Waals surface area contributed by atoms with E-state index in [0.29, 0.717) is 21.5 Å². The quantitative estimate of drug-likeness (QED) is 0.792.